The van der Waals surface area contributed by atoms with E-state index in [1.807, 2.05) is 0 Å². The number of carbonyl (C=O) groups is 2. The summed E-state index contributed by atoms with van der Waals surface area (Å²) in [6.45, 7) is 0.334. The van der Waals surface area contributed by atoms with Crippen molar-refractivity contribution >= 4 is 11.9 Å². The number of amides is 1. The molecule has 0 aliphatic heterocycles. The van der Waals surface area contributed by atoms with E-state index >= 15 is 0 Å². The predicted octanol–water partition coefficient (Wildman–Crippen LogP) is 0.601. The molecule has 1 amide bonds. The Morgan fingerprint density at radius 3 is 2.76 bits per heavy atom. The van der Waals surface area contributed by atoms with Crippen molar-refractivity contribution in [3.8, 4) is 0 Å². The third-order valence-electron chi connectivity index (χ3n) is 2.63. The number of ether oxygens (including phenoxy) is 2. The van der Waals surface area contributed by atoms with Crippen LogP contribution in [-0.2, 0) is 25.5 Å². The highest BCUT2D eigenvalue weighted by Gasteiger charge is 2.20. The monoisotopic (exact) mass is 299 g/mol. The van der Waals surface area contributed by atoms with E-state index in [1.54, 1.807) is 6.07 Å². The van der Waals surface area contributed by atoms with Crippen LogP contribution < -0.4 is 5.32 Å². The van der Waals surface area contributed by atoms with Gasteiger partial charge in [0.2, 0.25) is 5.91 Å². The molecule has 6 nitrogen and oxygen atoms in total. The van der Waals surface area contributed by atoms with Crippen LogP contribution in [-0.4, -0.2) is 50.0 Å². The molecule has 21 heavy (non-hydrogen) atoms. The Kier molecular flexibility index (Phi) is 7.34. The largest absolute Gasteiger partial charge is 0.480 e. The second-order valence-electron chi connectivity index (χ2n) is 4.34. The Balaban J connectivity index is 2.50. The maximum atomic E-state index is 13.1. The van der Waals surface area contributed by atoms with Gasteiger partial charge in [0.25, 0.3) is 0 Å². The maximum absolute atomic E-state index is 13.1. The van der Waals surface area contributed by atoms with Gasteiger partial charge >= 0.3 is 5.97 Å². The zero-order chi connectivity index (χ0) is 15.7. The number of hydrogen-bond donors (Lipinski definition) is 2. The van der Waals surface area contributed by atoms with Crippen LogP contribution in [0.5, 0.6) is 0 Å². The molecular formula is C14H18FNO5. The van der Waals surface area contributed by atoms with Crippen LogP contribution >= 0.6 is 0 Å². The first-order chi connectivity index (χ1) is 10.0. The summed E-state index contributed by atoms with van der Waals surface area (Å²) in [7, 11) is 1.50. The first kappa shape index (κ1) is 17.1. The molecule has 0 saturated heterocycles. The normalized spacial score (nSPS) is 11.9. The molecule has 116 valence electrons. The molecule has 1 rings (SSSR count). The van der Waals surface area contributed by atoms with E-state index < -0.39 is 23.7 Å². The van der Waals surface area contributed by atoms with Crippen molar-refractivity contribution < 1.29 is 28.6 Å². The number of carbonyl (C=O) groups excluding carboxylic acids is 1. The molecule has 2 N–H and O–H groups in total. The summed E-state index contributed by atoms with van der Waals surface area (Å²) >= 11 is 0. The smallest absolute Gasteiger partial charge is 0.326 e. The van der Waals surface area contributed by atoms with E-state index in [0.29, 0.717) is 12.2 Å². The van der Waals surface area contributed by atoms with Crippen molar-refractivity contribution in [2.24, 2.45) is 0 Å². The van der Waals surface area contributed by atoms with Crippen LogP contribution in [0.4, 0.5) is 4.39 Å². The predicted molar refractivity (Wildman–Crippen MR) is 72.4 cm³/mol. The number of benzene rings is 1. The number of carboxylic acids is 1. The number of halogens is 1. The highest BCUT2D eigenvalue weighted by Crippen LogP contribution is 2.07. The van der Waals surface area contributed by atoms with Gasteiger partial charge in [-0.05, 0) is 17.7 Å². The highest BCUT2D eigenvalue weighted by atomic mass is 19.1. The lowest BCUT2D eigenvalue weighted by Crippen LogP contribution is -2.44. The Bertz CT molecular complexity index is 480. The number of carboxylic acid groups (broad SMARTS) is 1. The third kappa shape index (κ3) is 6.82. The van der Waals surface area contributed by atoms with Gasteiger partial charge in [-0.15, -0.1) is 0 Å². The van der Waals surface area contributed by atoms with Crippen LogP contribution in [0.2, 0.25) is 0 Å². The molecule has 0 aromatic heterocycles. The lowest BCUT2D eigenvalue weighted by atomic mass is 10.1. The van der Waals surface area contributed by atoms with Crippen molar-refractivity contribution in [2.45, 2.75) is 12.5 Å². The van der Waals surface area contributed by atoms with Gasteiger partial charge in [-0.3, -0.25) is 4.79 Å². The molecule has 1 aromatic rings. The zero-order valence-corrected chi connectivity index (χ0v) is 11.7. The average Bonchev–Trinajstić information content (AvgIpc) is 2.43. The summed E-state index contributed by atoms with van der Waals surface area (Å²) in [5.74, 6) is -2.19. The molecule has 0 aliphatic carbocycles. The van der Waals surface area contributed by atoms with Gasteiger partial charge in [0, 0.05) is 13.5 Å². The van der Waals surface area contributed by atoms with Crippen molar-refractivity contribution in [3.05, 3.63) is 35.6 Å². The summed E-state index contributed by atoms with van der Waals surface area (Å²) in [6.07, 6.45) is -0.00307. The minimum Gasteiger partial charge on any atom is -0.480 e. The molecule has 0 spiro atoms. The second kappa shape index (κ2) is 9.04. The molecule has 0 heterocycles. The molecule has 0 radical (unpaired) electrons. The van der Waals surface area contributed by atoms with Gasteiger partial charge in [-0.1, -0.05) is 12.1 Å². The first-order valence-electron chi connectivity index (χ1n) is 6.36. The van der Waals surface area contributed by atoms with Gasteiger partial charge in [0.05, 0.1) is 13.2 Å². The van der Waals surface area contributed by atoms with Crippen molar-refractivity contribution in [1.29, 1.82) is 0 Å². The number of aliphatic carboxylic acids is 1. The number of nitrogens with one attached hydrogen (secondary N) is 1. The van der Waals surface area contributed by atoms with Crippen molar-refractivity contribution in [3.63, 3.8) is 0 Å². The second-order valence-corrected chi connectivity index (χ2v) is 4.34. The molecule has 0 saturated carbocycles. The van der Waals surface area contributed by atoms with Gasteiger partial charge < -0.3 is 19.9 Å². The molecule has 0 bridgehead atoms. The van der Waals surface area contributed by atoms with E-state index in [2.05, 4.69) is 5.32 Å². The molecule has 1 aromatic carbocycles. The van der Waals surface area contributed by atoms with E-state index in [-0.39, 0.29) is 19.6 Å². The summed E-state index contributed by atoms with van der Waals surface area (Å²) in [6, 6.07) is 4.45. The zero-order valence-electron chi connectivity index (χ0n) is 11.7. The number of hydrogen-bond acceptors (Lipinski definition) is 4. The Morgan fingerprint density at radius 2 is 2.14 bits per heavy atom. The van der Waals surface area contributed by atoms with Gasteiger partial charge in [0.1, 0.15) is 18.5 Å². The molecule has 1 atom stereocenters. The van der Waals surface area contributed by atoms with Crippen LogP contribution in [0.15, 0.2) is 24.3 Å². The SMILES string of the molecule is COCCOCC(=O)N[C@H](Cc1cccc(F)c1)C(=O)O. The summed E-state index contributed by atoms with van der Waals surface area (Å²) < 4.78 is 22.8. The molecule has 0 aliphatic rings. The molecular weight excluding hydrogens is 281 g/mol. The van der Waals surface area contributed by atoms with E-state index in [4.69, 9.17) is 14.6 Å². The fourth-order valence-corrected chi connectivity index (χ4v) is 1.64. The summed E-state index contributed by atoms with van der Waals surface area (Å²) in [5, 5.41) is 11.4. The molecule has 0 fully saturated rings. The van der Waals surface area contributed by atoms with E-state index in [9.17, 15) is 14.0 Å². The van der Waals surface area contributed by atoms with E-state index in [1.165, 1.54) is 25.3 Å². The lowest BCUT2D eigenvalue weighted by Gasteiger charge is -2.14. The van der Waals surface area contributed by atoms with Gasteiger partial charge in [0.15, 0.2) is 0 Å². The van der Waals surface area contributed by atoms with Crippen LogP contribution in [0, 0.1) is 5.82 Å². The fraction of sp³-hybridized carbons (Fsp3) is 0.429. The Morgan fingerprint density at radius 1 is 1.38 bits per heavy atom. The topological polar surface area (TPSA) is 84.9 Å². The molecule has 0 unspecified atom stereocenters. The van der Waals surface area contributed by atoms with Crippen LogP contribution in [0.25, 0.3) is 0 Å². The number of methoxy groups -OCH3 is 1. The average molecular weight is 299 g/mol. The Labute approximate surface area is 121 Å². The molecule has 7 heteroatoms. The third-order valence-corrected chi connectivity index (χ3v) is 2.63. The van der Waals surface area contributed by atoms with Gasteiger partial charge in [-0.2, -0.15) is 0 Å². The first-order valence-corrected chi connectivity index (χ1v) is 6.36. The summed E-state index contributed by atoms with van der Waals surface area (Å²) in [5.41, 5.74) is 0.489. The standard InChI is InChI=1S/C14H18FNO5/c1-20-5-6-21-9-13(17)16-12(14(18)19)8-10-3-2-4-11(15)7-10/h2-4,7,12H,5-6,8-9H2,1H3,(H,16,17)(H,18,19)/t12-/m1/s1. The van der Waals surface area contributed by atoms with Crippen molar-refractivity contribution in [1.82, 2.24) is 5.32 Å². The van der Waals surface area contributed by atoms with Crippen molar-refractivity contribution in [2.75, 3.05) is 26.9 Å². The van der Waals surface area contributed by atoms with Gasteiger partial charge in [-0.25, -0.2) is 9.18 Å². The highest BCUT2D eigenvalue weighted by molar-refractivity contribution is 5.84. The lowest BCUT2D eigenvalue weighted by molar-refractivity contribution is -0.142. The Hall–Kier alpha value is -1.99. The van der Waals surface area contributed by atoms with Crippen LogP contribution in [0.1, 0.15) is 5.56 Å². The number of rotatable bonds is 9. The quantitative estimate of drug-likeness (QED) is 0.652. The van der Waals surface area contributed by atoms with Crippen LogP contribution in [0.3, 0.4) is 0 Å². The minimum absolute atomic E-state index is 0.00307. The van der Waals surface area contributed by atoms with E-state index in [0.717, 1.165) is 0 Å². The minimum atomic E-state index is -1.19. The fourth-order valence-electron chi connectivity index (χ4n) is 1.64. The summed E-state index contributed by atoms with van der Waals surface area (Å²) in [4.78, 5) is 22.7. The maximum Gasteiger partial charge on any atom is 0.326 e.